The Labute approximate surface area is 172 Å². The van der Waals surface area contributed by atoms with E-state index in [-0.39, 0.29) is 0 Å². The van der Waals surface area contributed by atoms with Gasteiger partial charge in [0.05, 0.1) is 0 Å². The minimum absolute atomic E-state index is 0.843. The van der Waals surface area contributed by atoms with Crippen LogP contribution in [-0.4, -0.2) is 12.6 Å². The Morgan fingerprint density at radius 1 is 0.607 bits per heavy atom. The molecule has 0 heterocycles. The van der Waals surface area contributed by atoms with E-state index in [9.17, 15) is 9.59 Å². The van der Waals surface area contributed by atoms with Gasteiger partial charge in [-0.15, -0.1) is 0 Å². The first-order valence-corrected chi connectivity index (χ1v) is 11.2. The van der Waals surface area contributed by atoms with E-state index >= 15 is 0 Å². The van der Waals surface area contributed by atoms with E-state index in [4.69, 9.17) is 0 Å². The van der Waals surface area contributed by atoms with Gasteiger partial charge in [0.25, 0.3) is 0 Å². The van der Waals surface area contributed by atoms with Crippen LogP contribution in [0.25, 0.3) is 12.2 Å². The lowest BCUT2D eigenvalue weighted by Crippen LogP contribution is -1.98. The smallest absolute Gasteiger partial charge is 0.142 e. The molecule has 1 rings (SSSR count). The SMILES string of the molecule is CCCCCCCc1cc(/C=C/C=O)c(CCCCCCC)cc1/C=C/C=O. The summed E-state index contributed by atoms with van der Waals surface area (Å²) in [6, 6.07) is 4.46. The van der Waals surface area contributed by atoms with Crippen molar-refractivity contribution in [3.05, 3.63) is 46.5 Å². The number of aldehydes is 2. The van der Waals surface area contributed by atoms with Gasteiger partial charge in [0, 0.05) is 0 Å². The van der Waals surface area contributed by atoms with E-state index in [0.717, 1.165) is 49.4 Å². The molecule has 0 N–H and O–H groups in total. The molecule has 0 saturated heterocycles. The van der Waals surface area contributed by atoms with Crippen LogP contribution in [-0.2, 0) is 22.4 Å². The predicted molar refractivity (Wildman–Crippen MR) is 122 cm³/mol. The first-order chi connectivity index (χ1) is 13.8. The highest BCUT2D eigenvalue weighted by Crippen LogP contribution is 2.24. The number of carbonyl (C=O) groups excluding carboxylic acids is 2. The molecule has 0 fully saturated rings. The lowest BCUT2D eigenvalue weighted by molar-refractivity contribution is -0.104. The van der Waals surface area contributed by atoms with Crippen LogP contribution in [0.15, 0.2) is 24.3 Å². The van der Waals surface area contributed by atoms with Crippen molar-refractivity contribution in [3.63, 3.8) is 0 Å². The number of hydrogen-bond donors (Lipinski definition) is 0. The summed E-state index contributed by atoms with van der Waals surface area (Å²) >= 11 is 0. The van der Waals surface area contributed by atoms with Crippen molar-refractivity contribution in [3.8, 4) is 0 Å². The zero-order valence-corrected chi connectivity index (χ0v) is 17.9. The van der Waals surface area contributed by atoms with Gasteiger partial charge in [0.2, 0.25) is 0 Å². The van der Waals surface area contributed by atoms with Gasteiger partial charge >= 0.3 is 0 Å². The van der Waals surface area contributed by atoms with Crippen molar-refractivity contribution in [2.75, 3.05) is 0 Å². The summed E-state index contributed by atoms with van der Waals surface area (Å²) in [5.74, 6) is 0. The van der Waals surface area contributed by atoms with Crippen LogP contribution >= 0.6 is 0 Å². The summed E-state index contributed by atoms with van der Waals surface area (Å²) in [6.07, 6.45) is 23.2. The predicted octanol–water partition coefficient (Wildman–Crippen LogP) is 7.14. The highest BCUT2D eigenvalue weighted by Gasteiger charge is 2.08. The molecule has 0 unspecified atom stereocenters. The molecule has 0 aliphatic carbocycles. The third kappa shape index (κ3) is 9.82. The second kappa shape index (κ2) is 16.0. The van der Waals surface area contributed by atoms with E-state index in [1.165, 1.54) is 62.5 Å². The molecule has 1 aromatic rings. The summed E-state index contributed by atoms with van der Waals surface area (Å²) in [7, 11) is 0. The fraction of sp³-hybridized carbons (Fsp3) is 0.538. The van der Waals surface area contributed by atoms with E-state index in [2.05, 4.69) is 26.0 Å². The molecule has 1 aromatic carbocycles. The molecule has 0 aliphatic heterocycles. The van der Waals surface area contributed by atoms with Crippen molar-refractivity contribution in [1.82, 2.24) is 0 Å². The largest absolute Gasteiger partial charge is 0.299 e. The lowest BCUT2D eigenvalue weighted by Gasteiger charge is -2.14. The Bertz CT molecular complexity index is 570. The molecule has 28 heavy (non-hydrogen) atoms. The number of unbranched alkanes of at least 4 members (excludes halogenated alkanes) is 8. The summed E-state index contributed by atoms with van der Waals surface area (Å²) in [5, 5.41) is 0. The lowest BCUT2D eigenvalue weighted by atomic mass is 9.91. The highest BCUT2D eigenvalue weighted by molar-refractivity contribution is 5.77. The zero-order valence-electron chi connectivity index (χ0n) is 17.9. The maximum atomic E-state index is 10.9. The minimum atomic E-state index is 0.843. The topological polar surface area (TPSA) is 34.1 Å². The second-order valence-corrected chi connectivity index (χ2v) is 7.57. The van der Waals surface area contributed by atoms with Crippen molar-refractivity contribution in [2.24, 2.45) is 0 Å². The Morgan fingerprint density at radius 2 is 1.00 bits per heavy atom. The van der Waals surface area contributed by atoms with E-state index in [1.807, 2.05) is 12.2 Å². The van der Waals surface area contributed by atoms with Crippen molar-refractivity contribution in [2.45, 2.75) is 90.9 Å². The Balaban J connectivity index is 2.98. The molecule has 0 spiro atoms. The molecule has 154 valence electrons. The molecule has 0 atom stereocenters. The third-order valence-corrected chi connectivity index (χ3v) is 5.21. The molecule has 2 nitrogen and oxygen atoms in total. The standard InChI is InChI=1S/C26H38O2/c1-3-5-7-9-11-15-23-21-26(18-14-20-28)24(16-12-10-8-6-4-2)22-25(23)17-13-19-27/h13-14,17-22H,3-12,15-16H2,1-2H3/b17-13+,18-14+. The van der Waals surface area contributed by atoms with Gasteiger partial charge in [-0.1, -0.05) is 89.5 Å². The van der Waals surface area contributed by atoms with Gasteiger partial charge < -0.3 is 0 Å². The van der Waals surface area contributed by atoms with Crippen LogP contribution in [0.3, 0.4) is 0 Å². The van der Waals surface area contributed by atoms with Crippen LogP contribution in [0.5, 0.6) is 0 Å². The van der Waals surface area contributed by atoms with Crippen LogP contribution in [0, 0.1) is 0 Å². The highest BCUT2D eigenvalue weighted by atomic mass is 16.1. The zero-order chi connectivity index (χ0) is 20.5. The van der Waals surface area contributed by atoms with Crippen LogP contribution in [0.1, 0.15) is 100 Å². The molecule has 0 aliphatic rings. The van der Waals surface area contributed by atoms with Gasteiger partial charge in [0.1, 0.15) is 12.6 Å². The summed E-state index contributed by atoms with van der Waals surface area (Å²) in [4.78, 5) is 21.7. The van der Waals surface area contributed by atoms with E-state index < -0.39 is 0 Å². The molecule has 0 saturated carbocycles. The second-order valence-electron chi connectivity index (χ2n) is 7.57. The summed E-state index contributed by atoms with van der Waals surface area (Å²) in [5.41, 5.74) is 4.84. The molecule has 2 heteroatoms. The van der Waals surface area contributed by atoms with E-state index in [0.29, 0.717) is 0 Å². The van der Waals surface area contributed by atoms with Crippen LogP contribution in [0.2, 0.25) is 0 Å². The molecular formula is C26H38O2. The molecular weight excluding hydrogens is 344 g/mol. The summed E-state index contributed by atoms with van der Waals surface area (Å²) < 4.78 is 0. The van der Waals surface area contributed by atoms with Crippen molar-refractivity contribution < 1.29 is 9.59 Å². The van der Waals surface area contributed by atoms with Crippen LogP contribution < -0.4 is 0 Å². The molecule has 0 aromatic heterocycles. The molecule has 0 amide bonds. The fourth-order valence-electron chi connectivity index (χ4n) is 3.59. The third-order valence-electron chi connectivity index (χ3n) is 5.21. The Morgan fingerprint density at radius 3 is 1.36 bits per heavy atom. The summed E-state index contributed by atoms with van der Waals surface area (Å²) in [6.45, 7) is 4.46. The average molecular weight is 383 g/mol. The van der Waals surface area contributed by atoms with Gasteiger partial charge in [-0.2, -0.15) is 0 Å². The molecule has 0 radical (unpaired) electrons. The molecule has 0 bridgehead atoms. The van der Waals surface area contributed by atoms with Gasteiger partial charge in [0.15, 0.2) is 0 Å². The maximum Gasteiger partial charge on any atom is 0.142 e. The first-order valence-electron chi connectivity index (χ1n) is 11.2. The normalized spacial score (nSPS) is 11.5. The number of allylic oxidation sites excluding steroid dienone is 2. The van der Waals surface area contributed by atoms with E-state index in [1.54, 1.807) is 12.2 Å². The number of hydrogen-bond acceptors (Lipinski definition) is 2. The fourth-order valence-corrected chi connectivity index (χ4v) is 3.59. The van der Waals surface area contributed by atoms with Crippen LogP contribution in [0.4, 0.5) is 0 Å². The van der Waals surface area contributed by atoms with Gasteiger partial charge in [-0.25, -0.2) is 0 Å². The van der Waals surface area contributed by atoms with Gasteiger partial charge in [-0.3, -0.25) is 9.59 Å². The average Bonchev–Trinajstić information content (AvgIpc) is 2.71. The first kappa shape index (κ1) is 24.1. The number of aryl methyl sites for hydroxylation is 2. The van der Waals surface area contributed by atoms with Crippen molar-refractivity contribution in [1.29, 1.82) is 0 Å². The minimum Gasteiger partial charge on any atom is -0.299 e. The number of rotatable bonds is 16. The number of benzene rings is 1. The maximum absolute atomic E-state index is 10.9. The van der Waals surface area contributed by atoms with Crippen molar-refractivity contribution >= 4 is 24.7 Å². The number of carbonyl (C=O) groups is 2. The Kier molecular flexibility index (Phi) is 13.8. The monoisotopic (exact) mass is 382 g/mol. The van der Waals surface area contributed by atoms with Gasteiger partial charge in [-0.05, 0) is 60.1 Å². The Hall–Kier alpha value is -1.96. The quantitative estimate of drug-likeness (QED) is 0.173.